The zero-order valence-electron chi connectivity index (χ0n) is 9.12. The first-order chi connectivity index (χ1) is 8.11. The van der Waals surface area contributed by atoms with Gasteiger partial charge in [0.25, 0.3) is 0 Å². The molecule has 7 heteroatoms. The van der Waals surface area contributed by atoms with Crippen LogP contribution in [0.4, 0.5) is 5.69 Å². The minimum atomic E-state index is -3.21. The molecule has 90 valence electrons. The van der Waals surface area contributed by atoms with Gasteiger partial charge in [-0.1, -0.05) is 16.6 Å². The van der Waals surface area contributed by atoms with Gasteiger partial charge in [-0.2, -0.15) is 0 Å². The van der Waals surface area contributed by atoms with E-state index in [0.29, 0.717) is 5.69 Å². The molecule has 0 unspecified atom stereocenters. The molecular weight excluding hydrogens is 258 g/mol. The lowest BCUT2D eigenvalue weighted by molar-refractivity contribution is 0.602. The van der Waals surface area contributed by atoms with Crippen LogP contribution in [-0.4, -0.2) is 23.8 Å². The van der Waals surface area contributed by atoms with Crippen LogP contribution in [0.1, 0.15) is 6.92 Å². The molecule has 17 heavy (non-hydrogen) atoms. The Labute approximate surface area is 104 Å². The summed E-state index contributed by atoms with van der Waals surface area (Å²) >= 11 is 1.30. The SMILES string of the molecule is CCS(=O)(=O)Nc1ccc(-c2cnns2)cc1. The smallest absolute Gasteiger partial charge is 0.232 e. The fourth-order valence-electron chi connectivity index (χ4n) is 1.25. The van der Waals surface area contributed by atoms with Gasteiger partial charge in [0.1, 0.15) is 0 Å². The number of benzene rings is 1. The number of nitrogens with one attached hydrogen (secondary N) is 1. The first-order valence-electron chi connectivity index (χ1n) is 4.99. The molecule has 0 aliphatic heterocycles. The molecule has 2 rings (SSSR count). The Kier molecular flexibility index (Phi) is 3.39. The lowest BCUT2D eigenvalue weighted by Crippen LogP contribution is -2.14. The van der Waals surface area contributed by atoms with Gasteiger partial charge in [0.15, 0.2) is 0 Å². The normalized spacial score (nSPS) is 11.4. The monoisotopic (exact) mass is 269 g/mol. The van der Waals surface area contributed by atoms with Crippen LogP contribution in [0.25, 0.3) is 10.4 Å². The molecule has 0 bridgehead atoms. The van der Waals surface area contributed by atoms with Gasteiger partial charge in [0.05, 0.1) is 16.8 Å². The van der Waals surface area contributed by atoms with Gasteiger partial charge < -0.3 is 0 Å². The summed E-state index contributed by atoms with van der Waals surface area (Å²) in [5, 5.41) is 3.75. The molecule has 0 amide bonds. The molecule has 0 atom stereocenters. The van der Waals surface area contributed by atoms with Crippen LogP contribution in [0, 0.1) is 0 Å². The third-order valence-corrected chi connectivity index (χ3v) is 4.20. The number of sulfonamides is 1. The van der Waals surface area contributed by atoms with E-state index in [1.165, 1.54) is 11.5 Å². The molecule has 0 radical (unpaired) electrons. The van der Waals surface area contributed by atoms with E-state index in [0.717, 1.165) is 10.4 Å². The van der Waals surface area contributed by atoms with Crippen molar-refractivity contribution in [1.82, 2.24) is 9.59 Å². The highest BCUT2D eigenvalue weighted by Gasteiger charge is 2.07. The van der Waals surface area contributed by atoms with Crippen LogP contribution in [0.3, 0.4) is 0 Å². The molecular formula is C10H11N3O2S2. The lowest BCUT2D eigenvalue weighted by Gasteiger charge is -2.05. The second-order valence-corrected chi connectivity index (χ2v) is 6.16. The van der Waals surface area contributed by atoms with Crippen molar-refractivity contribution in [3.8, 4) is 10.4 Å². The molecule has 1 aromatic heterocycles. The van der Waals surface area contributed by atoms with Crippen LogP contribution < -0.4 is 4.72 Å². The van der Waals surface area contributed by atoms with E-state index < -0.39 is 10.0 Å². The molecule has 5 nitrogen and oxygen atoms in total. The Bertz CT molecular complexity index is 577. The molecule has 2 aromatic rings. The van der Waals surface area contributed by atoms with Crippen LogP contribution in [0.2, 0.25) is 0 Å². The first kappa shape index (κ1) is 12.0. The summed E-state index contributed by atoms with van der Waals surface area (Å²) < 4.78 is 29.0. The minimum absolute atomic E-state index is 0.0630. The van der Waals surface area contributed by atoms with Crippen molar-refractivity contribution in [3.63, 3.8) is 0 Å². The molecule has 0 saturated carbocycles. The van der Waals surface area contributed by atoms with E-state index in [1.807, 2.05) is 12.1 Å². The Balaban J connectivity index is 2.19. The minimum Gasteiger partial charge on any atom is -0.284 e. The van der Waals surface area contributed by atoms with E-state index >= 15 is 0 Å². The summed E-state index contributed by atoms with van der Waals surface area (Å²) in [6.45, 7) is 1.60. The summed E-state index contributed by atoms with van der Waals surface area (Å²) in [4.78, 5) is 0.954. The Hall–Kier alpha value is -1.47. The zero-order chi connectivity index (χ0) is 12.3. The maximum absolute atomic E-state index is 11.4. The van der Waals surface area contributed by atoms with E-state index in [2.05, 4.69) is 14.3 Å². The largest absolute Gasteiger partial charge is 0.284 e. The zero-order valence-corrected chi connectivity index (χ0v) is 10.8. The third kappa shape index (κ3) is 3.01. The molecule has 0 saturated heterocycles. The predicted molar refractivity (Wildman–Crippen MR) is 68.4 cm³/mol. The topological polar surface area (TPSA) is 72.0 Å². The van der Waals surface area contributed by atoms with Gasteiger partial charge in [0, 0.05) is 5.69 Å². The molecule has 1 aromatic carbocycles. The Morgan fingerprint density at radius 2 is 2.00 bits per heavy atom. The molecule has 0 aliphatic rings. The number of aromatic nitrogens is 2. The number of nitrogens with zero attached hydrogens (tertiary/aromatic N) is 2. The van der Waals surface area contributed by atoms with Crippen molar-refractivity contribution >= 4 is 27.2 Å². The van der Waals surface area contributed by atoms with E-state index in [9.17, 15) is 8.42 Å². The third-order valence-electron chi connectivity index (χ3n) is 2.18. The summed E-state index contributed by atoms with van der Waals surface area (Å²) in [6.07, 6.45) is 1.68. The molecule has 0 aliphatic carbocycles. The van der Waals surface area contributed by atoms with Crippen LogP contribution >= 0.6 is 11.5 Å². The van der Waals surface area contributed by atoms with Crippen molar-refractivity contribution in [2.75, 3.05) is 10.5 Å². The predicted octanol–water partition coefficient (Wildman–Crippen LogP) is 1.97. The number of hydrogen-bond donors (Lipinski definition) is 1. The standard InChI is InChI=1S/C10H11N3O2S2/c1-2-17(14,15)12-9-5-3-8(4-6-9)10-7-11-13-16-10/h3-7,12H,2H2,1H3. The van der Waals surface area contributed by atoms with Gasteiger partial charge in [-0.3, -0.25) is 4.72 Å². The van der Waals surface area contributed by atoms with E-state index in [-0.39, 0.29) is 5.75 Å². The number of anilines is 1. The fourth-order valence-corrected chi connectivity index (χ4v) is 2.41. The van der Waals surface area contributed by atoms with Crippen molar-refractivity contribution in [3.05, 3.63) is 30.5 Å². The maximum atomic E-state index is 11.4. The average molecular weight is 269 g/mol. The molecule has 0 spiro atoms. The van der Waals surface area contributed by atoms with Gasteiger partial charge >= 0.3 is 0 Å². The van der Waals surface area contributed by atoms with E-state index in [1.54, 1.807) is 25.3 Å². The van der Waals surface area contributed by atoms with Crippen molar-refractivity contribution in [2.45, 2.75) is 6.92 Å². The van der Waals surface area contributed by atoms with Crippen molar-refractivity contribution < 1.29 is 8.42 Å². The first-order valence-corrected chi connectivity index (χ1v) is 7.41. The number of rotatable bonds is 4. The molecule has 1 N–H and O–H groups in total. The van der Waals surface area contributed by atoms with Crippen LogP contribution in [0.15, 0.2) is 30.5 Å². The van der Waals surface area contributed by atoms with Crippen molar-refractivity contribution in [2.24, 2.45) is 0 Å². The maximum Gasteiger partial charge on any atom is 0.232 e. The van der Waals surface area contributed by atoms with Crippen LogP contribution in [-0.2, 0) is 10.0 Å². The number of hydrogen-bond acceptors (Lipinski definition) is 5. The highest BCUT2D eigenvalue weighted by atomic mass is 32.2. The lowest BCUT2D eigenvalue weighted by atomic mass is 10.2. The summed E-state index contributed by atoms with van der Waals surface area (Å²) in [5.41, 5.74) is 1.53. The van der Waals surface area contributed by atoms with Gasteiger partial charge in [-0.15, -0.1) is 5.10 Å². The van der Waals surface area contributed by atoms with Gasteiger partial charge in [-0.05, 0) is 36.2 Å². The highest BCUT2D eigenvalue weighted by Crippen LogP contribution is 2.23. The Morgan fingerprint density at radius 3 is 2.53 bits per heavy atom. The van der Waals surface area contributed by atoms with E-state index in [4.69, 9.17) is 0 Å². The molecule has 1 heterocycles. The second kappa shape index (κ2) is 4.80. The van der Waals surface area contributed by atoms with Crippen molar-refractivity contribution in [1.29, 1.82) is 0 Å². The van der Waals surface area contributed by atoms with Gasteiger partial charge in [0.2, 0.25) is 10.0 Å². The quantitative estimate of drug-likeness (QED) is 0.921. The highest BCUT2D eigenvalue weighted by molar-refractivity contribution is 7.92. The Morgan fingerprint density at radius 1 is 1.29 bits per heavy atom. The fraction of sp³-hybridized carbons (Fsp3) is 0.200. The average Bonchev–Trinajstić information content (AvgIpc) is 2.83. The summed E-state index contributed by atoms with van der Waals surface area (Å²) in [5.74, 6) is 0.0630. The van der Waals surface area contributed by atoms with Gasteiger partial charge in [-0.25, -0.2) is 8.42 Å². The molecule has 0 fully saturated rings. The summed E-state index contributed by atoms with van der Waals surface area (Å²) in [7, 11) is -3.21. The summed E-state index contributed by atoms with van der Waals surface area (Å²) in [6, 6.07) is 7.12. The second-order valence-electron chi connectivity index (χ2n) is 3.36. The van der Waals surface area contributed by atoms with Crippen LogP contribution in [0.5, 0.6) is 0 Å².